The molecule has 3 unspecified atom stereocenters. The molecule has 0 amide bonds. The number of nitrogens with zero attached hydrogens (tertiary/aromatic N) is 1. The molecule has 0 aromatic carbocycles. The Kier molecular flexibility index (Phi) is 4.00. The molecule has 1 N–H and O–H groups in total. The molecule has 3 nitrogen and oxygen atoms in total. The second-order valence-corrected chi connectivity index (χ2v) is 4.87. The standard InChI is InChI=1S/C12H24N2O/c1-3-15-6-4-5-14-9-11-7-13-8-12(11)10(14)2/h10-13H,3-9H2,1-2H3. The second-order valence-electron chi connectivity index (χ2n) is 4.87. The molecule has 2 heterocycles. The largest absolute Gasteiger partial charge is 0.382 e. The minimum absolute atomic E-state index is 0.770. The highest BCUT2D eigenvalue weighted by Crippen LogP contribution is 2.31. The number of fused-ring (bicyclic) bond motifs is 1. The molecule has 88 valence electrons. The second kappa shape index (κ2) is 5.28. The van der Waals surface area contributed by atoms with Gasteiger partial charge in [-0.05, 0) is 45.2 Å². The fraction of sp³-hybridized carbons (Fsp3) is 1.00. The van der Waals surface area contributed by atoms with Gasteiger partial charge in [-0.25, -0.2) is 0 Å². The molecule has 0 aromatic heterocycles. The first-order valence-corrected chi connectivity index (χ1v) is 6.35. The van der Waals surface area contributed by atoms with Crippen LogP contribution in [0.4, 0.5) is 0 Å². The summed E-state index contributed by atoms with van der Waals surface area (Å²) >= 11 is 0. The van der Waals surface area contributed by atoms with Crippen molar-refractivity contribution in [2.75, 3.05) is 39.4 Å². The van der Waals surface area contributed by atoms with Gasteiger partial charge in [-0.1, -0.05) is 0 Å². The van der Waals surface area contributed by atoms with Gasteiger partial charge in [-0.2, -0.15) is 0 Å². The van der Waals surface area contributed by atoms with E-state index in [1.807, 2.05) is 0 Å². The summed E-state index contributed by atoms with van der Waals surface area (Å²) in [7, 11) is 0. The van der Waals surface area contributed by atoms with Crippen LogP contribution in [-0.4, -0.2) is 50.3 Å². The predicted molar refractivity (Wildman–Crippen MR) is 62.0 cm³/mol. The van der Waals surface area contributed by atoms with Gasteiger partial charge < -0.3 is 10.1 Å². The zero-order valence-electron chi connectivity index (χ0n) is 10.0. The Balaban J connectivity index is 1.70. The highest BCUT2D eigenvalue weighted by molar-refractivity contribution is 4.96. The van der Waals surface area contributed by atoms with Gasteiger partial charge in [0.05, 0.1) is 0 Å². The first kappa shape index (κ1) is 11.4. The van der Waals surface area contributed by atoms with Crippen molar-refractivity contribution in [3.05, 3.63) is 0 Å². The van der Waals surface area contributed by atoms with Gasteiger partial charge in [0.1, 0.15) is 0 Å². The van der Waals surface area contributed by atoms with E-state index < -0.39 is 0 Å². The fourth-order valence-electron chi connectivity index (χ4n) is 3.07. The van der Waals surface area contributed by atoms with Gasteiger partial charge in [0.2, 0.25) is 0 Å². The zero-order chi connectivity index (χ0) is 10.7. The van der Waals surface area contributed by atoms with E-state index in [0.29, 0.717) is 0 Å². The van der Waals surface area contributed by atoms with Crippen LogP contribution in [0.5, 0.6) is 0 Å². The molecule has 2 aliphatic heterocycles. The molecule has 3 atom stereocenters. The smallest absolute Gasteiger partial charge is 0.0478 e. The molecule has 2 aliphatic rings. The third-order valence-electron chi connectivity index (χ3n) is 3.99. The predicted octanol–water partition coefficient (Wildman–Crippen LogP) is 0.953. The summed E-state index contributed by atoms with van der Waals surface area (Å²) in [5, 5.41) is 3.50. The van der Waals surface area contributed by atoms with Gasteiger partial charge in [0.25, 0.3) is 0 Å². The molecule has 0 saturated carbocycles. The maximum Gasteiger partial charge on any atom is 0.0478 e. The quantitative estimate of drug-likeness (QED) is 0.687. The molecule has 0 aromatic rings. The van der Waals surface area contributed by atoms with Gasteiger partial charge >= 0.3 is 0 Å². The maximum atomic E-state index is 5.38. The summed E-state index contributed by atoms with van der Waals surface area (Å²) in [5.41, 5.74) is 0. The van der Waals surface area contributed by atoms with Crippen molar-refractivity contribution in [1.29, 1.82) is 0 Å². The Bertz CT molecular complexity index is 198. The normalized spacial score (nSPS) is 36.0. The van der Waals surface area contributed by atoms with E-state index in [2.05, 4.69) is 24.1 Å². The van der Waals surface area contributed by atoms with Crippen molar-refractivity contribution in [3.63, 3.8) is 0 Å². The summed E-state index contributed by atoms with van der Waals surface area (Å²) in [6.07, 6.45) is 1.19. The summed E-state index contributed by atoms with van der Waals surface area (Å²) in [4.78, 5) is 2.65. The lowest BCUT2D eigenvalue weighted by Gasteiger charge is -2.23. The minimum Gasteiger partial charge on any atom is -0.382 e. The van der Waals surface area contributed by atoms with Gasteiger partial charge in [-0.15, -0.1) is 0 Å². The highest BCUT2D eigenvalue weighted by atomic mass is 16.5. The Morgan fingerprint density at radius 3 is 3.00 bits per heavy atom. The molecular formula is C12H24N2O. The molecule has 0 aliphatic carbocycles. The van der Waals surface area contributed by atoms with Crippen molar-refractivity contribution < 1.29 is 4.74 Å². The number of nitrogens with one attached hydrogen (secondary N) is 1. The third-order valence-corrected chi connectivity index (χ3v) is 3.99. The Morgan fingerprint density at radius 2 is 2.27 bits per heavy atom. The monoisotopic (exact) mass is 212 g/mol. The maximum absolute atomic E-state index is 5.38. The van der Waals surface area contributed by atoms with Crippen LogP contribution in [0.2, 0.25) is 0 Å². The number of hydrogen-bond donors (Lipinski definition) is 1. The average molecular weight is 212 g/mol. The number of ether oxygens (including phenoxy) is 1. The van der Waals surface area contributed by atoms with Crippen molar-refractivity contribution in [2.24, 2.45) is 11.8 Å². The Labute approximate surface area is 93.2 Å². The summed E-state index contributed by atoms with van der Waals surface area (Å²) in [6, 6.07) is 0.770. The van der Waals surface area contributed by atoms with Crippen LogP contribution in [0, 0.1) is 11.8 Å². The lowest BCUT2D eigenvalue weighted by Crippen LogP contribution is -2.34. The molecule has 0 bridgehead atoms. The molecule has 3 heteroatoms. The summed E-state index contributed by atoms with van der Waals surface area (Å²) in [6.45, 7) is 11.2. The lowest BCUT2D eigenvalue weighted by molar-refractivity contribution is 0.128. The fourth-order valence-corrected chi connectivity index (χ4v) is 3.07. The van der Waals surface area contributed by atoms with Crippen molar-refractivity contribution in [2.45, 2.75) is 26.3 Å². The Morgan fingerprint density at radius 1 is 1.40 bits per heavy atom. The van der Waals surface area contributed by atoms with E-state index in [1.165, 1.54) is 32.6 Å². The molecule has 2 rings (SSSR count). The van der Waals surface area contributed by atoms with Crippen LogP contribution in [0.25, 0.3) is 0 Å². The van der Waals surface area contributed by atoms with Crippen LogP contribution in [0.15, 0.2) is 0 Å². The van der Waals surface area contributed by atoms with Crippen LogP contribution >= 0.6 is 0 Å². The van der Waals surface area contributed by atoms with Gasteiger partial charge in [-0.3, -0.25) is 4.90 Å². The number of likely N-dealkylation sites (tertiary alicyclic amines) is 1. The first-order chi connectivity index (χ1) is 7.33. The molecule has 2 saturated heterocycles. The van der Waals surface area contributed by atoms with Crippen molar-refractivity contribution >= 4 is 0 Å². The zero-order valence-corrected chi connectivity index (χ0v) is 10.0. The van der Waals surface area contributed by atoms with Gasteiger partial charge in [0, 0.05) is 32.3 Å². The summed E-state index contributed by atoms with van der Waals surface area (Å²) in [5.74, 6) is 1.81. The lowest BCUT2D eigenvalue weighted by atomic mass is 9.95. The third kappa shape index (κ3) is 2.52. The average Bonchev–Trinajstić information content (AvgIpc) is 2.78. The molecule has 2 fully saturated rings. The summed E-state index contributed by atoms with van der Waals surface area (Å²) < 4.78 is 5.38. The van der Waals surface area contributed by atoms with E-state index in [0.717, 1.165) is 31.1 Å². The van der Waals surface area contributed by atoms with Crippen LogP contribution < -0.4 is 5.32 Å². The van der Waals surface area contributed by atoms with E-state index >= 15 is 0 Å². The van der Waals surface area contributed by atoms with E-state index in [-0.39, 0.29) is 0 Å². The molecular weight excluding hydrogens is 188 g/mol. The minimum atomic E-state index is 0.770. The van der Waals surface area contributed by atoms with E-state index in [1.54, 1.807) is 0 Å². The highest BCUT2D eigenvalue weighted by Gasteiger charge is 2.41. The van der Waals surface area contributed by atoms with Crippen molar-refractivity contribution in [1.82, 2.24) is 10.2 Å². The molecule has 15 heavy (non-hydrogen) atoms. The first-order valence-electron chi connectivity index (χ1n) is 6.35. The topological polar surface area (TPSA) is 24.5 Å². The number of hydrogen-bond acceptors (Lipinski definition) is 3. The van der Waals surface area contributed by atoms with Crippen LogP contribution in [0.1, 0.15) is 20.3 Å². The van der Waals surface area contributed by atoms with E-state index in [9.17, 15) is 0 Å². The van der Waals surface area contributed by atoms with Crippen molar-refractivity contribution in [3.8, 4) is 0 Å². The number of rotatable bonds is 5. The van der Waals surface area contributed by atoms with Gasteiger partial charge in [0.15, 0.2) is 0 Å². The Hall–Kier alpha value is -0.120. The molecule has 0 radical (unpaired) electrons. The SMILES string of the molecule is CCOCCCN1CC2CNCC2C1C. The van der Waals surface area contributed by atoms with Crippen LogP contribution in [-0.2, 0) is 4.74 Å². The van der Waals surface area contributed by atoms with Crippen LogP contribution in [0.3, 0.4) is 0 Å². The molecule has 0 spiro atoms. The van der Waals surface area contributed by atoms with E-state index in [4.69, 9.17) is 4.74 Å².